The second-order valence-electron chi connectivity index (χ2n) is 3.72. The van der Waals surface area contributed by atoms with Gasteiger partial charge in [0.05, 0.1) is 13.2 Å². The van der Waals surface area contributed by atoms with Gasteiger partial charge in [0.25, 0.3) is 5.91 Å². The SMILES string of the molecule is CCCCCC(=O)N[NH+]1CCOCC1.[Cl-]. The van der Waals surface area contributed by atoms with Crippen LogP contribution in [-0.2, 0) is 9.53 Å². The molecule has 1 saturated heterocycles. The lowest BCUT2D eigenvalue weighted by molar-refractivity contribution is -0.943. The van der Waals surface area contributed by atoms with Crippen LogP contribution in [0.4, 0.5) is 0 Å². The predicted octanol–water partition coefficient (Wildman–Crippen LogP) is -3.48. The molecule has 1 amide bonds. The van der Waals surface area contributed by atoms with Gasteiger partial charge < -0.3 is 17.1 Å². The second kappa shape index (κ2) is 8.95. The average Bonchev–Trinajstić information content (AvgIpc) is 2.20. The summed E-state index contributed by atoms with van der Waals surface area (Å²) in [5.74, 6) is 0.176. The minimum atomic E-state index is 0. The van der Waals surface area contributed by atoms with Crippen molar-refractivity contribution in [3.05, 3.63) is 0 Å². The van der Waals surface area contributed by atoms with E-state index >= 15 is 0 Å². The molecule has 0 aliphatic carbocycles. The van der Waals surface area contributed by atoms with E-state index in [1.54, 1.807) is 0 Å². The fourth-order valence-electron chi connectivity index (χ4n) is 1.54. The van der Waals surface area contributed by atoms with E-state index in [9.17, 15) is 4.79 Å². The third-order valence-corrected chi connectivity index (χ3v) is 2.42. The number of carbonyl (C=O) groups is 1. The Morgan fingerprint density at radius 1 is 1.33 bits per heavy atom. The zero-order chi connectivity index (χ0) is 10.2. The molecule has 1 aliphatic heterocycles. The third kappa shape index (κ3) is 6.71. The first-order valence-electron chi connectivity index (χ1n) is 5.55. The topological polar surface area (TPSA) is 42.8 Å². The summed E-state index contributed by atoms with van der Waals surface area (Å²) in [4.78, 5) is 11.4. The molecule has 0 aromatic carbocycles. The van der Waals surface area contributed by atoms with Crippen LogP contribution >= 0.6 is 0 Å². The van der Waals surface area contributed by atoms with Crippen LogP contribution in [0.5, 0.6) is 0 Å². The molecule has 0 aromatic heterocycles. The number of quaternary nitrogens is 1. The van der Waals surface area contributed by atoms with E-state index in [4.69, 9.17) is 4.74 Å². The zero-order valence-electron chi connectivity index (χ0n) is 9.35. The maximum absolute atomic E-state index is 11.4. The number of carbonyl (C=O) groups excluding carboxylic acids is 1. The summed E-state index contributed by atoms with van der Waals surface area (Å²) in [5.41, 5.74) is 2.98. The Hall–Kier alpha value is -0.320. The van der Waals surface area contributed by atoms with Gasteiger partial charge in [0, 0.05) is 6.42 Å². The van der Waals surface area contributed by atoms with E-state index < -0.39 is 0 Å². The first-order valence-corrected chi connectivity index (χ1v) is 5.55. The highest BCUT2D eigenvalue weighted by Gasteiger charge is 2.15. The summed E-state index contributed by atoms with van der Waals surface area (Å²) in [6.07, 6.45) is 3.98. The molecule has 0 unspecified atom stereocenters. The first-order chi connectivity index (χ1) is 6.83. The Morgan fingerprint density at radius 2 is 2.00 bits per heavy atom. The van der Waals surface area contributed by atoms with Crippen molar-refractivity contribution in [3.63, 3.8) is 0 Å². The molecule has 1 aliphatic rings. The predicted molar refractivity (Wildman–Crippen MR) is 53.8 cm³/mol. The minimum absolute atomic E-state index is 0. The molecule has 4 nitrogen and oxygen atoms in total. The third-order valence-electron chi connectivity index (χ3n) is 2.42. The maximum atomic E-state index is 11.4. The molecular formula is C10H21ClN2O2. The van der Waals surface area contributed by atoms with Gasteiger partial charge in [-0.2, -0.15) is 0 Å². The smallest absolute Gasteiger partial charge is 0.264 e. The molecule has 90 valence electrons. The molecule has 0 saturated carbocycles. The van der Waals surface area contributed by atoms with Crippen LogP contribution in [0.15, 0.2) is 0 Å². The number of hydrogen-bond acceptors (Lipinski definition) is 2. The van der Waals surface area contributed by atoms with Gasteiger partial charge in [-0.15, -0.1) is 0 Å². The molecule has 1 rings (SSSR count). The van der Waals surface area contributed by atoms with Crippen molar-refractivity contribution >= 4 is 5.91 Å². The normalized spacial score (nSPS) is 16.9. The largest absolute Gasteiger partial charge is 1.00 e. The van der Waals surface area contributed by atoms with Crippen molar-refractivity contribution < 1.29 is 26.9 Å². The fraction of sp³-hybridized carbons (Fsp3) is 0.900. The summed E-state index contributed by atoms with van der Waals surface area (Å²) < 4.78 is 5.21. The zero-order valence-corrected chi connectivity index (χ0v) is 10.1. The van der Waals surface area contributed by atoms with Crippen molar-refractivity contribution in [2.75, 3.05) is 26.3 Å². The van der Waals surface area contributed by atoms with Crippen molar-refractivity contribution in [1.29, 1.82) is 0 Å². The molecule has 1 heterocycles. The number of unbranched alkanes of at least 4 members (excludes halogenated alkanes) is 2. The molecule has 5 heteroatoms. The highest BCUT2D eigenvalue weighted by molar-refractivity contribution is 5.74. The van der Waals surface area contributed by atoms with Crippen LogP contribution < -0.4 is 22.8 Å². The summed E-state index contributed by atoms with van der Waals surface area (Å²) in [6.45, 7) is 5.43. The highest BCUT2D eigenvalue weighted by atomic mass is 35.5. The molecule has 0 radical (unpaired) electrons. The summed E-state index contributed by atoms with van der Waals surface area (Å²) in [6, 6.07) is 0. The average molecular weight is 237 g/mol. The second-order valence-corrected chi connectivity index (χ2v) is 3.72. The first kappa shape index (κ1) is 14.7. The number of hydrogen-bond donors (Lipinski definition) is 2. The molecule has 0 bridgehead atoms. The summed E-state index contributed by atoms with van der Waals surface area (Å²) >= 11 is 0. The van der Waals surface area contributed by atoms with Crippen LogP contribution in [-0.4, -0.2) is 32.2 Å². The Morgan fingerprint density at radius 3 is 2.60 bits per heavy atom. The Bertz CT molecular complexity index is 173. The lowest BCUT2D eigenvalue weighted by atomic mass is 10.2. The number of amides is 1. The van der Waals surface area contributed by atoms with Gasteiger partial charge >= 0.3 is 0 Å². The van der Waals surface area contributed by atoms with Gasteiger partial charge in [0.1, 0.15) is 13.1 Å². The number of nitrogens with one attached hydrogen (secondary N) is 2. The number of rotatable bonds is 5. The van der Waals surface area contributed by atoms with E-state index in [0.29, 0.717) is 6.42 Å². The lowest BCUT2D eigenvalue weighted by Crippen LogP contribution is -3.20. The quantitative estimate of drug-likeness (QED) is 0.487. The van der Waals surface area contributed by atoms with Gasteiger partial charge in [-0.05, 0) is 6.42 Å². The fourth-order valence-corrected chi connectivity index (χ4v) is 1.54. The van der Waals surface area contributed by atoms with Crippen molar-refractivity contribution in [2.45, 2.75) is 32.6 Å². The standard InChI is InChI=1S/C10H20N2O2.ClH/c1-2-3-4-5-10(13)11-12-6-8-14-9-7-12;/h2-9H2,1H3,(H,11,13);1H. The van der Waals surface area contributed by atoms with Crippen LogP contribution in [0.1, 0.15) is 32.6 Å². The Labute approximate surface area is 97.7 Å². The molecule has 15 heavy (non-hydrogen) atoms. The minimum Gasteiger partial charge on any atom is -1.00 e. The maximum Gasteiger partial charge on any atom is 0.264 e. The lowest BCUT2D eigenvalue weighted by Gasteiger charge is -2.23. The van der Waals surface area contributed by atoms with Crippen LogP contribution in [0.2, 0.25) is 0 Å². The van der Waals surface area contributed by atoms with Gasteiger partial charge in [-0.25, -0.2) is 10.4 Å². The van der Waals surface area contributed by atoms with Crippen LogP contribution in [0, 0.1) is 0 Å². The Balaban J connectivity index is 0.00000196. The van der Waals surface area contributed by atoms with E-state index in [2.05, 4.69) is 12.3 Å². The monoisotopic (exact) mass is 236 g/mol. The van der Waals surface area contributed by atoms with Gasteiger partial charge in [-0.3, -0.25) is 4.79 Å². The van der Waals surface area contributed by atoms with Gasteiger partial charge in [0.2, 0.25) is 0 Å². The number of morpholine rings is 1. The van der Waals surface area contributed by atoms with Crippen molar-refractivity contribution in [1.82, 2.24) is 5.43 Å². The molecule has 0 atom stereocenters. The summed E-state index contributed by atoms with van der Waals surface area (Å²) in [5, 5.41) is 1.15. The molecule has 1 fully saturated rings. The van der Waals surface area contributed by atoms with Crippen molar-refractivity contribution in [2.24, 2.45) is 0 Å². The van der Waals surface area contributed by atoms with Crippen LogP contribution in [0.3, 0.4) is 0 Å². The molecule has 0 aromatic rings. The highest BCUT2D eigenvalue weighted by Crippen LogP contribution is 1.97. The van der Waals surface area contributed by atoms with Gasteiger partial charge in [-0.1, -0.05) is 19.8 Å². The van der Waals surface area contributed by atoms with E-state index in [1.807, 2.05) is 0 Å². The molecule has 0 spiro atoms. The Kier molecular flexibility index (Phi) is 8.76. The van der Waals surface area contributed by atoms with E-state index in [0.717, 1.165) is 50.6 Å². The van der Waals surface area contributed by atoms with Gasteiger partial charge in [0.15, 0.2) is 0 Å². The molecule has 2 N–H and O–H groups in total. The molecular weight excluding hydrogens is 216 g/mol. The summed E-state index contributed by atoms with van der Waals surface area (Å²) in [7, 11) is 0. The number of halogens is 1. The van der Waals surface area contributed by atoms with Crippen LogP contribution in [0.25, 0.3) is 0 Å². The van der Waals surface area contributed by atoms with Crippen molar-refractivity contribution in [3.8, 4) is 0 Å². The van der Waals surface area contributed by atoms with E-state index in [1.165, 1.54) is 0 Å². The van der Waals surface area contributed by atoms with E-state index in [-0.39, 0.29) is 18.3 Å². The number of ether oxygens (including phenoxy) is 1.